The van der Waals surface area contributed by atoms with Crippen LogP contribution < -0.4 is 5.32 Å². The van der Waals surface area contributed by atoms with Gasteiger partial charge in [-0.15, -0.1) is 0 Å². The van der Waals surface area contributed by atoms with Gasteiger partial charge in [0.05, 0.1) is 12.7 Å². The molecule has 0 bridgehead atoms. The van der Waals surface area contributed by atoms with Crippen LogP contribution in [-0.2, 0) is 4.74 Å². The Kier molecular flexibility index (Phi) is 5.00. The molecule has 2 nitrogen and oxygen atoms in total. The van der Waals surface area contributed by atoms with Gasteiger partial charge in [-0.05, 0) is 56.8 Å². The largest absolute Gasteiger partial charge is 0.378 e. The van der Waals surface area contributed by atoms with E-state index in [1.165, 1.54) is 23.1 Å². The Bertz CT molecular complexity index is 416. The number of aryl methyl sites for hydroxylation is 2. The lowest BCUT2D eigenvalue weighted by atomic mass is 9.89. The summed E-state index contributed by atoms with van der Waals surface area (Å²) < 4.78 is 5.76. The molecular weight excluding hydrogens is 234 g/mol. The van der Waals surface area contributed by atoms with E-state index in [2.05, 4.69) is 51.2 Å². The summed E-state index contributed by atoms with van der Waals surface area (Å²) in [5, 5.41) is 3.71. The molecule has 1 N–H and O–H groups in total. The van der Waals surface area contributed by atoms with E-state index in [1.807, 2.05) is 0 Å². The molecule has 0 amide bonds. The minimum Gasteiger partial charge on any atom is -0.378 e. The maximum absolute atomic E-state index is 5.76. The molecule has 3 atom stereocenters. The van der Waals surface area contributed by atoms with E-state index in [-0.39, 0.29) is 0 Å². The maximum atomic E-state index is 5.76. The molecular formula is C17H27NO. The quantitative estimate of drug-likeness (QED) is 0.871. The van der Waals surface area contributed by atoms with Crippen molar-refractivity contribution >= 4 is 0 Å². The van der Waals surface area contributed by atoms with Gasteiger partial charge in [-0.3, -0.25) is 0 Å². The van der Waals surface area contributed by atoms with Gasteiger partial charge in [0.1, 0.15) is 0 Å². The molecule has 0 saturated carbocycles. The van der Waals surface area contributed by atoms with Crippen LogP contribution in [0.5, 0.6) is 0 Å². The van der Waals surface area contributed by atoms with Gasteiger partial charge >= 0.3 is 0 Å². The molecule has 1 heterocycles. The molecule has 1 saturated heterocycles. The Morgan fingerprint density at radius 3 is 2.68 bits per heavy atom. The first-order valence-electron chi connectivity index (χ1n) is 7.54. The first kappa shape index (κ1) is 14.5. The Hall–Kier alpha value is -0.860. The lowest BCUT2D eigenvalue weighted by molar-refractivity contribution is 0.117. The third-order valence-corrected chi connectivity index (χ3v) is 4.21. The fraction of sp³-hybridized carbons (Fsp3) is 0.647. The van der Waals surface area contributed by atoms with E-state index in [0.29, 0.717) is 18.1 Å². The van der Waals surface area contributed by atoms with Crippen molar-refractivity contribution in [3.05, 3.63) is 34.9 Å². The highest BCUT2D eigenvalue weighted by Crippen LogP contribution is 2.32. The van der Waals surface area contributed by atoms with E-state index < -0.39 is 0 Å². The van der Waals surface area contributed by atoms with E-state index >= 15 is 0 Å². The van der Waals surface area contributed by atoms with Crippen LogP contribution in [0.2, 0.25) is 0 Å². The molecule has 1 aliphatic heterocycles. The van der Waals surface area contributed by atoms with Gasteiger partial charge in [-0.1, -0.05) is 25.1 Å². The first-order valence-corrected chi connectivity index (χ1v) is 7.54. The molecule has 0 aliphatic carbocycles. The molecule has 1 aromatic rings. The van der Waals surface area contributed by atoms with Crippen LogP contribution in [-0.4, -0.2) is 19.3 Å². The molecule has 2 rings (SSSR count). The topological polar surface area (TPSA) is 21.3 Å². The molecule has 106 valence electrons. The SMILES string of the molecule is CCCNC(c1ccc(C)c(C)c1)C1COC(C)C1. The van der Waals surface area contributed by atoms with E-state index in [4.69, 9.17) is 4.74 Å². The zero-order valence-corrected chi connectivity index (χ0v) is 12.7. The predicted molar refractivity (Wildman–Crippen MR) is 80.5 cm³/mol. The summed E-state index contributed by atoms with van der Waals surface area (Å²) in [5.74, 6) is 0.601. The zero-order chi connectivity index (χ0) is 13.8. The van der Waals surface area contributed by atoms with Crippen LogP contribution in [0.3, 0.4) is 0 Å². The summed E-state index contributed by atoms with van der Waals surface area (Å²) in [6.45, 7) is 10.7. The summed E-state index contributed by atoms with van der Waals surface area (Å²) >= 11 is 0. The van der Waals surface area contributed by atoms with Crippen LogP contribution in [0.25, 0.3) is 0 Å². The summed E-state index contributed by atoms with van der Waals surface area (Å²) in [7, 11) is 0. The van der Waals surface area contributed by atoms with Gasteiger partial charge in [-0.25, -0.2) is 0 Å². The smallest absolute Gasteiger partial charge is 0.0551 e. The number of hydrogen-bond donors (Lipinski definition) is 1. The fourth-order valence-corrected chi connectivity index (χ4v) is 2.90. The Labute approximate surface area is 117 Å². The zero-order valence-electron chi connectivity index (χ0n) is 12.7. The molecule has 19 heavy (non-hydrogen) atoms. The van der Waals surface area contributed by atoms with Gasteiger partial charge in [0, 0.05) is 12.0 Å². The van der Waals surface area contributed by atoms with Crippen molar-refractivity contribution in [3.8, 4) is 0 Å². The highest BCUT2D eigenvalue weighted by Gasteiger charge is 2.30. The minimum absolute atomic E-state index is 0.405. The summed E-state index contributed by atoms with van der Waals surface area (Å²) in [6, 6.07) is 7.29. The number of nitrogens with one attached hydrogen (secondary N) is 1. The van der Waals surface area contributed by atoms with E-state index in [1.54, 1.807) is 0 Å². The highest BCUT2D eigenvalue weighted by molar-refractivity contribution is 5.32. The molecule has 0 spiro atoms. The van der Waals surface area contributed by atoms with Crippen molar-refractivity contribution in [2.24, 2.45) is 5.92 Å². The van der Waals surface area contributed by atoms with Crippen molar-refractivity contribution in [3.63, 3.8) is 0 Å². The van der Waals surface area contributed by atoms with Crippen molar-refractivity contribution < 1.29 is 4.74 Å². The Morgan fingerprint density at radius 1 is 1.32 bits per heavy atom. The van der Waals surface area contributed by atoms with Gasteiger partial charge in [0.2, 0.25) is 0 Å². The monoisotopic (exact) mass is 261 g/mol. The van der Waals surface area contributed by atoms with Crippen LogP contribution in [0.15, 0.2) is 18.2 Å². The van der Waals surface area contributed by atoms with E-state index in [9.17, 15) is 0 Å². The molecule has 1 aliphatic rings. The second-order valence-corrected chi connectivity index (χ2v) is 5.92. The molecule has 1 aromatic carbocycles. The number of hydrogen-bond acceptors (Lipinski definition) is 2. The lowest BCUT2D eigenvalue weighted by Crippen LogP contribution is -2.29. The van der Waals surface area contributed by atoms with Crippen molar-refractivity contribution in [1.82, 2.24) is 5.32 Å². The average Bonchev–Trinajstić information content (AvgIpc) is 2.80. The third-order valence-electron chi connectivity index (χ3n) is 4.21. The molecule has 1 fully saturated rings. The van der Waals surface area contributed by atoms with Crippen molar-refractivity contribution in [2.45, 2.75) is 52.7 Å². The number of benzene rings is 1. The molecule has 0 aromatic heterocycles. The van der Waals surface area contributed by atoms with Crippen LogP contribution in [0, 0.1) is 19.8 Å². The van der Waals surface area contributed by atoms with Crippen molar-refractivity contribution in [2.75, 3.05) is 13.2 Å². The standard InChI is InChI=1S/C17H27NO/c1-5-8-18-17(16-10-14(4)19-11-16)15-7-6-12(2)13(3)9-15/h6-7,9,14,16-18H,5,8,10-11H2,1-4H3. The van der Waals surface area contributed by atoms with Gasteiger partial charge in [-0.2, -0.15) is 0 Å². The second-order valence-electron chi connectivity index (χ2n) is 5.92. The average molecular weight is 261 g/mol. The molecule has 3 unspecified atom stereocenters. The Morgan fingerprint density at radius 2 is 2.11 bits per heavy atom. The van der Waals surface area contributed by atoms with Crippen LogP contribution in [0.4, 0.5) is 0 Å². The molecule has 0 radical (unpaired) electrons. The predicted octanol–water partition coefficient (Wildman–Crippen LogP) is 3.77. The fourth-order valence-electron chi connectivity index (χ4n) is 2.90. The molecule has 2 heteroatoms. The van der Waals surface area contributed by atoms with E-state index in [0.717, 1.165) is 19.6 Å². The van der Waals surface area contributed by atoms with Gasteiger partial charge in [0.15, 0.2) is 0 Å². The minimum atomic E-state index is 0.405. The summed E-state index contributed by atoms with van der Waals surface area (Å²) in [6.07, 6.45) is 2.74. The van der Waals surface area contributed by atoms with Gasteiger partial charge in [0.25, 0.3) is 0 Å². The maximum Gasteiger partial charge on any atom is 0.0551 e. The third kappa shape index (κ3) is 3.58. The summed E-state index contributed by atoms with van der Waals surface area (Å²) in [4.78, 5) is 0. The van der Waals surface area contributed by atoms with Gasteiger partial charge < -0.3 is 10.1 Å². The van der Waals surface area contributed by atoms with Crippen LogP contribution >= 0.6 is 0 Å². The van der Waals surface area contributed by atoms with Crippen LogP contribution in [0.1, 0.15) is 49.4 Å². The van der Waals surface area contributed by atoms with Crippen molar-refractivity contribution in [1.29, 1.82) is 0 Å². The first-order chi connectivity index (χ1) is 9.11. The number of rotatable bonds is 5. The summed E-state index contributed by atoms with van der Waals surface area (Å²) in [5.41, 5.74) is 4.17. The Balaban J connectivity index is 2.18. The highest BCUT2D eigenvalue weighted by atomic mass is 16.5. The normalized spacial score (nSPS) is 24.6. The lowest BCUT2D eigenvalue weighted by Gasteiger charge is -2.25. The second kappa shape index (κ2) is 6.53. The number of ether oxygens (including phenoxy) is 1.